The molecule has 0 saturated heterocycles. The zero-order valence-electron chi connectivity index (χ0n) is 9.62. The lowest BCUT2D eigenvalue weighted by Gasteiger charge is -2.17. The fourth-order valence-electron chi connectivity index (χ4n) is 1.57. The lowest BCUT2D eigenvalue weighted by atomic mass is 10.2. The van der Waals surface area contributed by atoms with Gasteiger partial charge in [0, 0.05) is 24.5 Å². The molecule has 0 spiro atoms. The summed E-state index contributed by atoms with van der Waals surface area (Å²) in [4.78, 5) is 4.31. The van der Waals surface area contributed by atoms with Crippen molar-refractivity contribution in [2.24, 2.45) is 0 Å². The van der Waals surface area contributed by atoms with Crippen LogP contribution in [0.3, 0.4) is 0 Å². The van der Waals surface area contributed by atoms with Gasteiger partial charge in [-0.1, -0.05) is 13.3 Å². The first-order valence-corrected chi connectivity index (χ1v) is 5.44. The molecule has 0 aliphatic carbocycles. The average molecular weight is 195 g/mol. The summed E-state index contributed by atoms with van der Waals surface area (Å²) in [7, 11) is 0. The Balaban J connectivity index is 2.61. The first kappa shape index (κ1) is 11.1. The Labute approximate surface area is 86.5 Å². The van der Waals surface area contributed by atoms with Crippen LogP contribution in [-0.2, 0) is 0 Å². The third-order valence-electron chi connectivity index (χ3n) is 2.32. The maximum atomic E-state index is 4.31. The predicted molar refractivity (Wildman–Crippen MR) is 60.6 cm³/mol. The zero-order chi connectivity index (χ0) is 10.6. The highest BCUT2D eigenvalue weighted by Crippen LogP contribution is 2.14. The fourth-order valence-corrected chi connectivity index (χ4v) is 1.57. The van der Waals surface area contributed by atoms with Crippen LogP contribution in [0.15, 0.2) is 12.4 Å². The highest BCUT2D eigenvalue weighted by molar-refractivity contribution is 5.27. The molecule has 1 unspecified atom stereocenters. The van der Waals surface area contributed by atoms with Crippen LogP contribution in [0, 0.1) is 0 Å². The van der Waals surface area contributed by atoms with Crippen LogP contribution in [0.5, 0.6) is 0 Å². The van der Waals surface area contributed by atoms with Crippen molar-refractivity contribution in [3.05, 3.63) is 12.4 Å². The van der Waals surface area contributed by atoms with Gasteiger partial charge in [-0.3, -0.25) is 0 Å². The van der Waals surface area contributed by atoms with E-state index in [0.717, 1.165) is 5.95 Å². The van der Waals surface area contributed by atoms with Crippen molar-refractivity contribution in [1.29, 1.82) is 0 Å². The standard InChI is InChI=1S/C11H21N3/c1-5-6-10(4)13-11-12-7-8-14(11)9(2)3/h7-10H,5-6H2,1-4H3,(H,12,13). The van der Waals surface area contributed by atoms with Crippen LogP contribution in [0.25, 0.3) is 0 Å². The van der Waals surface area contributed by atoms with Crippen molar-refractivity contribution in [3.63, 3.8) is 0 Å². The lowest BCUT2D eigenvalue weighted by molar-refractivity contribution is 0.592. The molecule has 0 saturated carbocycles. The highest BCUT2D eigenvalue weighted by Gasteiger charge is 2.07. The van der Waals surface area contributed by atoms with Gasteiger partial charge in [-0.05, 0) is 27.2 Å². The molecule has 14 heavy (non-hydrogen) atoms. The van der Waals surface area contributed by atoms with Gasteiger partial charge >= 0.3 is 0 Å². The van der Waals surface area contributed by atoms with Gasteiger partial charge in [0.1, 0.15) is 0 Å². The minimum Gasteiger partial charge on any atom is -0.353 e. The summed E-state index contributed by atoms with van der Waals surface area (Å²) in [5.41, 5.74) is 0. The number of nitrogens with one attached hydrogen (secondary N) is 1. The molecule has 3 nitrogen and oxygen atoms in total. The van der Waals surface area contributed by atoms with Crippen molar-refractivity contribution >= 4 is 5.95 Å². The molecule has 0 bridgehead atoms. The Morgan fingerprint density at radius 1 is 1.43 bits per heavy atom. The normalized spacial score (nSPS) is 13.2. The van der Waals surface area contributed by atoms with Crippen LogP contribution < -0.4 is 5.32 Å². The van der Waals surface area contributed by atoms with E-state index < -0.39 is 0 Å². The van der Waals surface area contributed by atoms with Gasteiger partial charge in [0.05, 0.1) is 0 Å². The Bertz CT molecular complexity index is 265. The summed E-state index contributed by atoms with van der Waals surface area (Å²) in [5.74, 6) is 0.987. The van der Waals surface area contributed by atoms with Gasteiger partial charge in [0.15, 0.2) is 0 Å². The zero-order valence-corrected chi connectivity index (χ0v) is 9.62. The number of imidazole rings is 1. The molecule has 0 aliphatic heterocycles. The summed E-state index contributed by atoms with van der Waals surface area (Å²) in [6.07, 6.45) is 6.26. The van der Waals surface area contributed by atoms with E-state index in [1.165, 1.54) is 12.8 Å². The number of aromatic nitrogens is 2. The Morgan fingerprint density at radius 3 is 2.71 bits per heavy atom. The molecular formula is C11H21N3. The van der Waals surface area contributed by atoms with Crippen LogP contribution in [0.1, 0.15) is 46.6 Å². The molecule has 1 aromatic rings. The molecule has 1 N–H and O–H groups in total. The van der Waals surface area contributed by atoms with E-state index in [1.807, 2.05) is 12.4 Å². The molecule has 1 atom stereocenters. The topological polar surface area (TPSA) is 29.9 Å². The quantitative estimate of drug-likeness (QED) is 0.782. The third kappa shape index (κ3) is 2.76. The minimum absolute atomic E-state index is 0.467. The summed E-state index contributed by atoms with van der Waals surface area (Å²) >= 11 is 0. The molecule has 80 valence electrons. The summed E-state index contributed by atoms with van der Waals surface area (Å²) in [6.45, 7) is 8.73. The number of hydrogen-bond acceptors (Lipinski definition) is 2. The molecule has 3 heteroatoms. The van der Waals surface area contributed by atoms with Crippen molar-refractivity contribution in [2.75, 3.05) is 5.32 Å². The van der Waals surface area contributed by atoms with Crippen LogP contribution >= 0.6 is 0 Å². The largest absolute Gasteiger partial charge is 0.353 e. The number of rotatable bonds is 5. The molecule has 0 aliphatic rings. The Hall–Kier alpha value is -0.990. The molecule has 1 rings (SSSR count). The predicted octanol–water partition coefficient (Wildman–Crippen LogP) is 3.06. The van der Waals surface area contributed by atoms with Gasteiger partial charge in [0.2, 0.25) is 5.95 Å². The number of hydrogen-bond donors (Lipinski definition) is 1. The molecule has 0 fully saturated rings. The second-order valence-corrected chi connectivity index (χ2v) is 4.09. The molecule has 0 radical (unpaired) electrons. The van der Waals surface area contributed by atoms with Gasteiger partial charge in [-0.15, -0.1) is 0 Å². The van der Waals surface area contributed by atoms with E-state index in [2.05, 4.69) is 42.6 Å². The van der Waals surface area contributed by atoms with E-state index in [-0.39, 0.29) is 0 Å². The van der Waals surface area contributed by atoms with E-state index >= 15 is 0 Å². The number of anilines is 1. The van der Waals surface area contributed by atoms with Gasteiger partial charge in [0.25, 0.3) is 0 Å². The average Bonchev–Trinajstić information content (AvgIpc) is 2.52. The molecule has 0 aromatic carbocycles. The first-order valence-electron chi connectivity index (χ1n) is 5.44. The summed E-state index contributed by atoms with van der Waals surface area (Å²) in [6, 6.07) is 0.966. The summed E-state index contributed by atoms with van der Waals surface area (Å²) in [5, 5.41) is 3.42. The molecule has 1 heterocycles. The van der Waals surface area contributed by atoms with E-state index in [9.17, 15) is 0 Å². The van der Waals surface area contributed by atoms with Gasteiger partial charge in [-0.25, -0.2) is 4.98 Å². The smallest absolute Gasteiger partial charge is 0.203 e. The third-order valence-corrected chi connectivity index (χ3v) is 2.32. The van der Waals surface area contributed by atoms with Crippen LogP contribution in [0.2, 0.25) is 0 Å². The molecular weight excluding hydrogens is 174 g/mol. The van der Waals surface area contributed by atoms with Crippen molar-refractivity contribution in [3.8, 4) is 0 Å². The van der Waals surface area contributed by atoms with E-state index in [0.29, 0.717) is 12.1 Å². The SMILES string of the molecule is CCCC(C)Nc1nccn1C(C)C. The lowest BCUT2D eigenvalue weighted by Crippen LogP contribution is -2.18. The highest BCUT2D eigenvalue weighted by atomic mass is 15.2. The Morgan fingerprint density at radius 2 is 2.14 bits per heavy atom. The number of nitrogens with zero attached hydrogens (tertiary/aromatic N) is 2. The maximum absolute atomic E-state index is 4.31. The molecule has 0 amide bonds. The van der Waals surface area contributed by atoms with Crippen molar-refractivity contribution in [1.82, 2.24) is 9.55 Å². The van der Waals surface area contributed by atoms with Crippen molar-refractivity contribution in [2.45, 2.75) is 52.6 Å². The Kier molecular flexibility index (Phi) is 3.98. The fraction of sp³-hybridized carbons (Fsp3) is 0.727. The van der Waals surface area contributed by atoms with Gasteiger partial charge < -0.3 is 9.88 Å². The van der Waals surface area contributed by atoms with Crippen molar-refractivity contribution < 1.29 is 0 Å². The second-order valence-electron chi connectivity index (χ2n) is 4.09. The summed E-state index contributed by atoms with van der Waals surface area (Å²) < 4.78 is 2.16. The molecule has 1 aromatic heterocycles. The first-order chi connectivity index (χ1) is 6.65. The monoisotopic (exact) mass is 195 g/mol. The van der Waals surface area contributed by atoms with E-state index in [1.54, 1.807) is 0 Å². The van der Waals surface area contributed by atoms with Gasteiger partial charge in [-0.2, -0.15) is 0 Å². The van der Waals surface area contributed by atoms with Crippen LogP contribution in [-0.4, -0.2) is 15.6 Å². The van der Waals surface area contributed by atoms with Crippen LogP contribution in [0.4, 0.5) is 5.95 Å². The van der Waals surface area contributed by atoms with E-state index in [4.69, 9.17) is 0 Å². The maximum Gasteiger partial charge on any atom is 0.203 e. The second kappa shape index (κ2) is 5.03. The minimum atomic E-state index is 0.467.